The highest BCUT2D eigenvalue weighted by Gasteiger charge is 2.25. The monoisotopic (exact) mass is 480 g/mol. The summed E-state index contributed by atoms with van der Waals surface area (Å²) in [4.78, 5) is 20.6. The summed E-state index contributed by atoms with van der Waals surface area (Å²) in [7, 11) is 0. The second-order valence-corrected chi connectivity index (χ2v) is 9.69. The minimum atomic E-state index is -0.799. The topological polar surface area (TPSA) is 93.3 Å². The van der Waals surface area contributed by atoms with Crippen LogP contribution < -0.4 is 15.6 Å². The van der Waals surface area contributed by atoms with Gasteiger partial charge in [-0.05, 0) is 60.6 Å². The minimum absolute atomic E-state index is 0.245. The summed E-state index contributed by atoms with van der Waals surface area (Å²) < 4.78 is 6.88. The number of thiazole rings is 1. The van der Waals surface area contributed by atoms with Crippen LogP contribution in [0.3, 0.4) is 0 Å². The Hall–Kier alpha value is -3.97. The molecule has 0 saturated heterocycles. The Bertz CT molecular complexity index is 1650. The van der Waals surface area contributed by atoms with Crippen LogP contribution >= 0.6 is 11.3 Å². The third kappa shape index (κ3) is 3.51. The summed E-state index contributed by atoms with van der Waals surface area (Å²) in [5.41, 5.74) is 4.75. The number of nitrogens with one attached hydrogen (secondary N) is 1. The number of rotatable bonds is 4. The molecule has 1 aliphatic rings. The Kier molecular flexibility index (Phi) is 5.15. The van der Waals surface area contributed by atoms with Gasteiger partial charge in [0.1, 0.15) is 16.2 Å². The highest BCUT2D eigenvalue weighted by molar-refractivity contribution is 7.21. The molecule has 0 unspecified atom stereocenters. The number of fused-ring (bicyclic) bond motifs is 3. The maximum atomic E-state index is 13.6. The van der Waals surface area contributed by atoms with E-state index in [1.54, 1.807) is 18.2 Å². The second-order valence-electron chi connectivity index (χ2n) is 8.66. The standard InChI is InChI=1S/C28H23N3O3S/c1-2-31-13-7-8-16-14-19-22(15-21(16)31)34-28(33)25(27-30-20-11-5-6-12-23(20)35-27)24(19)17-9-3-4-10-18(17)26(29)32/h3-6,9-12,14-15H,2,7-8,13H2,1H3,(H2,29,32)/p-1. The first kappa shape index (κ1) is 21.6. The fourth-order valence-electron chi connectivity index (χ4n) is 5.04. The number of benzene rings is 3. The van der Waals surface area contributed by atoms with Crippen molar-refractivity contribution in [3.8, 4) is 21.7 Å². The number of hydrogen-bond donors (Lipinski definition) is 1. The largest absolute Gasteiger partial charge is 0.859 e. The van der Waals surface area contributed by atoms with Crippen molar-refractivity contribution in [1.29, 1.82) is 5.41 Å². The Balaban J connectivity index is 1.75. The van der Waals surface area contributed by atoms with Gasteiger partial charge in [-0.15, -0.1) is 11.3 Å². The molecule has 0 radical (unpaired) electrons. The van der Waals surface area contributed by atoms with Gasteiger partial charge in [0.2, 0.25) is 0 Å². The highest BCUT2D eigenvalue weighted by atomic mass is 32.1. The lowest BCUT2D eigenvalue weighted by Gasteiger charge is -2.30. The van der Waals surface area contributed by atoms with Gasteiger partial charge in [0, 0.05) is 35.8 Å². The fourth-order valence-corrected chi connectivity index (χ4v) is 6.04. The molecule has 0 amide bonds. The van der Waals surface area contributed by atoms with Crippen molar-refractivity contribution in [1.82, 2.24) is 4.98 Å². The van der Waals surface area contributed by atoms with Crippen LogP contribution in [0.2, 0.25) is 0 Å². The van der Waals surface area contributed by atoms with Crippen LogP contribution in [0.15, 0.2) is 69.9 Å². The van der Waals surface area contributed by atoms with Crippen molar-refractivity contribution in [3.05, 3.63) is 82.2 Å². The Morgan fingerprint density at radius 1 is 1.14 bits per heavy atom. The van der Waals surface area contributed by atoms with Crippen LogP contribution in [0.1, 0.15) is 24.5 Å². The number of aryl methyl sites for hydroxylation is 1. The molecule has 35 heavy (non-hydrogen) atoms. The van der Waals surface area contributed by atoms with Crippen LogP contribution in [0.4, 0.5) is 5.69 Å². The van der Waals surface area contributed by atoms with E-state index < -0.39 is 11.5 Å². The average Bonchev–Trinajstić information content (AvgIpc) is 3.30. The Labute approximate surface area is 205 Å². The van der Waals surface area contributed by atoms with Crippen LogP contribution in [-0.2, 0) is 6.42 Å². The van der Waals surface area contributed by atoms with Crippen molar-refractivity contribution >= 4 is 44.1 Å². The van der Waals surface area contributed by atoms with Gasteiger partial charge in [-0.1, -0.05) is 36.4 Å². The molecule has 0 bridgehead atoms. The highest BCUT2D eigenvalue weighted by Crippen LogP contribution is 2.42. The van der Waals surface area contributed by atoms with Gasteiger partial charge >= 0.3 is 5.63 Å². The number of aromatic nitrogens is 1. The normalized spacial score (nSPS) is 13.3. The predicted octanol–water partition coefficient (Wildman–Crippen LogP) is 5.19. The first-order chi connectivity index (χ1) is 17.0. The molecule has 6 nitrogen and oxygen atoms in total. The summed E-state index contributed by atoms with van der Waals surface area (Å²) >= 11 is 1.42. The number of para-hydroxylation sites is 1. The molecule has 5 aromatic rings. The van der Waals surface area contributed by atoms with Gasteiger partial charge in [0.05, 0.1) is 10.2 Å². The van der Waals surface area contributed by atoms with Crippen LogP contribution in [0.25, 0.3) is 42.9 Å². The van der Waals surface area contributed by atoms with Crippen molar-refractivity contribution in [3.63, 3.8) is 0 Å². The molecule has 1 N–H and O–H groups in total. The van der Waals surface area contributed by atoms with E-state index in [-0.39, 0.29) is 5.56 Å². The van der Waals surface area contributed by atoms with E-state index in [1.807, 2.05) is 36.4 Å². The lowest BCUT2D eigenvalue weighted by Crippen LogP contribution is -2.28. The number of anilines is 1. The molecule has 0 fully saturated rings. The van der Waals surface area contributed by atoms with E-state index in [0.29, 0.717) is 27.3 Å². The van der Waals surface area contributed by atoms with E-state index in [2.05, 4.69) is 17.9 Å². The zero-order valence-corrected chi connectivity index (χ0v) is 19.9. The van der Waals surface area contributed by atoms with Crippen molar-refractivity contribution in [2.75, 3.05) is 18.0 Å². The number of hydrogen-bond acceptors (Lipinski definition) is 7. The molecule has 7 heteroatoms. The summed E-state index contributed by atoms with van der Waals surface area (Å²) in [6.07, 6.45) is 1.97. The van der Waals surface area contributed by atoms with Gasteiger partial charge in [-0.3, -0.25) is 0 Å². The molecule has 0 aliphatic carbocycles. The van der Waals surface area contributed by atoms with Gasteiger partial charge < -0.3 is 19.8 Å². The van der Waals surface area contributed by atoms with Crippen molar-refractivity contribution in [2.45, 2.75) is 19.8 Å². The van der Waals surface area contributed by atoms with Crippen molar-refractivity contribution < 1.29 is 9.52 Å². The lowest BCUT2D eigenvalue weighted by molar-refractivity contribution is -0.214. The molecule has 0 saturated carbocycles. The summed E-state index contributed by atoms with van der Waals surface area (Å²) in [5.74, 6) is -0.799. The zero-order valence-electron chi connectivity index (χ0n) is 19.1. The Morgan fingerprint density at radius 3 is 2.74 bits per heavy atom. The average molecular weight is 481 g/mol. The maximum Gasteiger partial charge on any atom is 0.347 e. The third-order valence-corrected chi connectivity index (χ3v) is 7.71. The van der Waals surface area contributed by atoms with Crippen LogP contribution in [0, 0.1) is 5.41 Å². The quantitative estimate of drug-likeness (QED) is 0.217. The molecular weight excluding hydrogens is 458 g/mol. The second kappa shape index (κ2) is 8.36. The summed E-state index contributed by atoms with van der Waals surface area (Å²) in [6, 6.07) is 18.8. The van der Waals surface area contributed by atoms with E-state index in [0.717, 1.165) is 47.2 Å². The van der Waals surface area contributed by atoms with E-state index in [1.165, 1.54) is 16.9 Å². The lowest BCUT2D eigenvalue weighted by atomic mass is 9.91. The third-order valence-electron chi connectivity index (χ3n) is 6.65. The van der Waals surface area contributed by atoms with Gasteiger partial charge in [-0.25, -0.2) is 9.78 Å². The molecule has 3 aromatic carbocycles. The SMILES string of the molecule is CCN1CCCc2cc3c(-c4ccccc4C(=N)[O-])c(-c4nc5ccccc5s4)c(=O)oc3cc21. The molecule has 6 rings (SSSR count). The molecule has 2 aromatic heterocycles. The van der Waals surface area contributed by atoms with E-state index in [9.17, 15) is 9.90 Å². The smallest absolute Gasteiger partial charge is 0.347 e. The minimum Gasteiger partial charge on any atom is -0.859 e. The van der Waals surface area contributed by atoms with E-state index >= 15 is 0 Å². The van der Waals surface area contributed by atoms with Gasteiger partial charge in [-0.2, -0.15) is 0 Å². The fraction of sp³-hybridized carbons (Fsp3) is 0.179. The van der Waals surface area contributed by atoms with Crippen LogP contribution in [-0.4, -0.2) is 24.0 Å². The molecule has 0 spiro atoms. The molecule has 3 heterocycles. The number of nitrogens with zero attached hydrogens (tertiary/aromatic N) is 2. The zero-order chi connectivity index (χ0) is 24.1. The molecule has 0 atom stereocenters. The van der Waals surface area contributed by atoms with Gasteiger partial charge in [0.25, 0.3) is 0 Å². The van der Waals surface area contributed by atoms with Gasteiger partial charge in [0.15, 0.2) is 0 Å². The maximum absolute atomic E-state index is 13.6. The van der Waals surface area contributed by atoms with E-state index in [4.69, 9.17) is 14.8 Å². The molecule has 1 aliphatic heterocycles. The molecule has 174 valence electrons. The first-order valence-electron chi connectivity index (χ1n) is 11.6. The van der Waals surface area contributed by atoms with Crippen LogP contribution in [0.5, 0.6) is 0 Å². The Morgan fingerprint density at radius 2 is 1.94 bits per heavy atom. The van der Waals surface area contributed by atoms with Crippen molar-refractivity contribution in [2.24, 2.45) is 0 Å². The first-order valence-corrected chi connectivity index (χ1v) is 12.5. The molecular formula is C28H22N3O3S-. The summed E-state index contributed by atoms with van der Waals surface area (Å²) in [6.45, 7) is 3.95. The predicted molar refractivity (Wildman–Crippen MR) is 140 cm³/mol. The summed E-state index contributed by atoms with van der Waals surface area (Å²) in [5, 5.41) is 21.5.